The minimum Gasteiger partial charge on any atom is -0.454 e. The minimum atomic E-state index is 0.251. The number of benzene rings is 2. The molecule has 24 heavy (non-hydrogen) atoms. The summed E-state index contributed by atoms with van der Waals surface area (Å²) in [4.78, 5) is 2.58. The SMILES string of the molecule is Cc1ccccc1C(c1ccc2c(c1)OCO2)N1CCCNCC1. The highest BCUT2D eigenvalue weighted by molar-refractivity contribution is 5.48. The van der Waals surface area contributed by atoms with Gasteiger partial charge in [-0.3, -0.25) is 4.90 Å². The molecule has 1 fully saturated rings. The van der Waals surface area contributed by atoms with Crippen LogP contribution in [0.15, 0.2) is 42.5 Å². The molecule has 0 radical (unpaired) electrons. The molecule has 0 amide bonds. The third-order valence-corrected chi connectivity index (χ3v) is 4.94. The van der Waals surface area contributed by atoms with Gasteiger partial charge < -0.3 is 14.8 Å². The van der Waals surface area contributed by atoms with E-state index in [2.05, 4.69) is 53.5 Å². The molecule has 4 rings (SSSR count). The maximum atomic E-state index is 5.61. The highest BCUT2D eigenvalue weighted by Gasteiger charge is 2.26. The Hall–Kier alpha value is -2.04. The topological polar surface area (TPSA) is 33.7 Å². The van der Waals surface area contributed by atoms with Crippen LogP contribution in [0.3, 0.4) is 0 Å². The van der Waals surface area contributed by atoms with E-state index in [0.29, 0.717) is 6.79 Å². The second kappa shape index (κ2) is 6.83. The molecule has 2 aliphatic rings. The summed E-state index contributed by atoms with van der Waals surface area (Å²) in [5, 5.41) is 3.50. The van der Waals surface area contributed by atoms with Gasteiger partial charge in [0.25, 0.3) is 0 Å². The highest BCUT2D eigenvalue weighted by atomic mass is 16.7. The van der Waals surface area contributed by atoms with E-state index in [1.165, 1.54) is 23.1 Å². The van der Waals surface area contributed by atoms with Crippen LogP contribution in [0.4, 0.5) is 0 Å². The zero-order valence-corrected chi connectivity index (χ0v) is 14.1. The molecule has 1 N–H and O–H groups in total. The van der Waals surface area contributed by atoms with Crippen molar-refractivity contribution in [3.8, 4) is 11.5 Å². The molecule has 0 bridgehead atoms. The Balaban J connectivity index is 1.76. The summed E-state index contributed by atoms with van der Waals surface area (Å²) in [6.07, 6.45) is 1.17. The van der Waals surface area contributed by atoms with E-state index in [1.807, 2.05) is 6.07 Å². The van der Waals surface area contributed by atoms with Gasteiger partial charge in [0, 0.05) is 19.6 Å². The fraction of sp³-hybridized carbons (Fsp3) is 0.400. The first-order valence-corrected chi connectivity index (χ1v) is 8.73. The van der Waals surface area contributed by atoms with Gasteiger partial charge in [-0.05, 0) is 48.7 Å². The van der Waals surface area contributed by atoms with Crippen LogP contribution in [0.25, 0.3) is 0 Å². The Bertz CT molecular complexity index is 709. The van der Waals surface area contributed by atoms with Crippen molar-refractivity contribution in [3.63, 3.8) is 0 Å². The molecule has 4 heteroatoms. The number of aryl methyl sites for hydroxylation is 1. The minimum absolute atomic E-state index is 0.251. The van der Waals surface area contributed by atoms with Crippen molar-refractivity contribution in [2.75, 3.05) is 33.0 Å². The Morgan fingerprint density at radius 1 is 1.00 bits per heavy atom. The van der Waals surface area contributed by atoms with Gasteiger partial charge in [-0.15, -0.1) is 0 Å². The predicted octanol–water partition coefficient (Wildman–Crippen LogP) is 3.11. The van der Waals surface area contributed by atoms with Crippen LogP contribution in [0.2, 0.25) is 0 Å². The number of rotatable bonds is 3. The van der Waals surface area contributed by atoms with Crippen LogP contribution in [-0.2, 0) is 0 Å². The number of nitrogens with one attached hydrogen (secondary N) is 1. The summed E-state index contributed by atoms with van der Waals surface area (Å²) < 4.78 is 11.1. The molecular formula is C20H24N2O2. The zero-order valence-electron chi connectivity index (χ0n) is 14.1. The molecule has 0 aromatic heterocycles. The first-order chi connectivity index (χ1) is 11.8. The van der Waals surface area contributed by atoms with Crippen molar-refractivity contribution < 1.29 is 9.47 Å². The third kappa shape index (κ3) is 2.99. The molecule has 2 aliphatic heterocycles. The van der Waals surface area contributed by atoms with Crippen LogP contribution >= 0.6 is 0 Å². The molecule has 2 aromatic rings. The summed E-state index contributed by atoms with van der Waals surface area (Å²) >= 11 is 0. The van der Waals surface area contributed by atoms with Gasteiger partial charge in [0.15, 0.2) is 11.5 Å². The molecule has 0 saturated carbocycles. The number of fused-ring (bicyclic) bond motifs is 1. The Morgan fingerprint density at radius 3 is 2.79 bits per heavy atom. The van der Waals surface area contributed by atoms with Gasteiger partial charge in [0.1, 0.15) is 0 Å². The highest BCUT2D eigenvalue weighted by Crippen LogP contribution is 2.38. The maximum absolute atomic E-state index is 5.61. The number of ether oxygens (including phenoxy) is 2. The molecule has 0 spiro atoms. The third-order valence-electron chi connectivity index (χ3n) is 4.94. The summed E-state index contributed by atoms with van der Waals surface area (Å²) in [6.45, 7) is 6.80. The summed E-state index contributed by atoms with van der Waals surface area (Å²) in [5.41, 5.74) is 3.98. The molecule has 4 nitrogen and oxygen atoms in total. The van der Waals surface area contributed by atoms with E-state index in [4.69, 9.17) is 9.47 Å². The molecular weight excluding hydrogens is 300 g/mol. The van der Waals surface area contributed by atoms with E-state index < -0.39 is 0 Å². The van der Waals surface area contributed by atoms with E-state index in [9.17, 15) is 0 Å². The van der Waals surface area contributed by atoms with E-state index in [0.717, 1.165) is 37.7 Å². The number of nitrogens with zero attached hydrogens (tertiary/aromatic N) is 1. The van der Waals surface area contributed by atoms with Crippen LogP contribution in [0.1, 0.15) is 29.2 Å². The normalized spacial score (nSPS) is 19.0. The summed E-state index contributed by atoms with van der Waals surface area (Å²) in [5.74, 6) is 1.71. The Kier molecular flexibility index (Phi) is 4.41. The van der Waals surface area contributed by atoms with Crippen LogP contribution in [-0.4, -0.2) is 37.9 Å². The Morgan fingerprint density at radius 2 is 1.88 bits per heavy atom. The molecule has 2 aromatic carbocycles. The smallest absolute Gasteiger partial charge is 0.231 e. The molecule has 1 saturated heterocycles. The summed E-state index contributed by atoms with van der Waals surface area (Å²) in [6, 6.07) is 15.3. The van der Waals surface area contributed by atoms with E-state index in [1.54, 1.807) is 0 Å². The lowest BCUT2D eigenvalue weighted by atomic mass is 9.93. The van der Waals surface area contributed by atoms with Gasteiger partial charge in [0.05, 0.1) is 6.04 Å². The number of hydrogen-bond acceptors (Lipinski definition) is 4. The average molecular weight is 324 g/mol. The summed E-state index contributed by atoms with van der Waals surface area (Å²) in [7, 11) is 0. The lowest BCUT2D eigenvalue weighted by molar-refractivity contribution is 0.173. The van der Waals surface area contributed by atoms with E-state index in [-0.39, 0.29) is 6.04 Å². The maximum Gasteiger partial charge on any atom is 0.231 e. The fourth-order valence-corrected chi connectivity index (χ4v) is 3.69. The van der Waals surface area contributed by atoms with Crippen molar-refractivity contribution in [1.82, 2.24) is 10.2 Å². The first kappa shape index (κ1) is 15.5. The zero-order chi connectivity index (χ0) is 16.4. The molecule has 0 aliphatic carbocycles. The molecule has 2 heterocycles. The first-order valence-electron chi connectivity index (χ1n) is 8.73. The van der Waals surface area contributed by atoms with Crippen molar-refractivity contribution in [1.29, 1.82) is 0 Å². The predicted molar refractivity (Wildman–Crippen MR) is 94.6 cm³/mol. The number of hydrogen-bond donors (Lipinski definition) is 1. The van der Waals surface area contributed by atoms with Gasteiger partial charge >= 0.3 is 0 Å². The molecule has 1 unspecified atom stereocenters. The van der Waals surface area contributed by atoms with Crippen LogP contribution in [0.5, 0.6) is 11.5 Å². The van der Waals surface area contributed by atoms with Crippen LogP contribution in [0, 0.1) is 6.92 Å². The van der Waals surface area contributed by atoms with Gasteiger partial charge in [0.2, 0.25) is 6.79 Å². The lowest BCUT2D eigenvalue weighted by Crippen LogP contribution is -2.33. The fourth-order valence-electron chi connectivity index (χ4n) is 3.69. The average Bonchev–Trinajstić information content (AvgIpc) is 2.91. The monoisotopic (exact) mass is 324 g/mol. The van der Waals surface area contributed by atoms with Gasteiger partial charge in [-0.25, -0.2) is 0 Å². The second-order valence-electron chi connectivity index (χ2n) is 6.51. The van der Waals surface area contributed by atoms with Crippen molar-refractivity contribution in [2.24, 2.45) is 0 Å². The van der Waals surface area contributed by atoms with Crippen molar-refractivity contribution >= 4 is 0 Å². The lowest BCUT2D eigenvalue weighted by Gasteiger charge is -2.32. The van der Waals surface area contributed by atoms with E-state index >= 15 is 0 Å². The Labute approximate surface area is 143 Å². The molecule has 1 atom stereocenters. The molecule has 126 valence electrons. The van der Waals surface area contributed by atoms with Crippen LogP contribution < -0.4 is 14.8 Å². The van der Waals surface area contributed by atoms with Crippen molar-refractivity contribution in [3.05, 3.63) is 59.2 Å². The standard InChI is InChI=1S/C20H24N2O2/c1-15-5-2-3-6-17(15)20(22-11-4-9-21-10-12-22)16-7-8-18-19(13-16)24-14-23-18/h2-3,5-8,13,20-21H,4,9-12,14H2,1H3. The second-order valence-corrected chi connectivity index (χ2v) is 6.51. The largest absolute Gasteiger partial charge is 0.454 e. The van der Waals surface area contributed by atoms with Crippen molar-refractivity contribution in [2.45, 2.75) is 19.4 Å². The quantitative estimate of drug-likeness (QED) is 0.941. The van der Waals surface area contributed by atoms with Gasteiger partial charge in [-0.1, -0.05) is 30.3 Å². The van der Waals surface area contributed by atoms with Gasteiger partial charge in [-0.2, -0.15) is 0 Å².